The van der Waals surface area contributed by atoms with Gasteiger partial charge in [0.25, 0.3) is 5.91 Å². The highest BCUT2D eigenvalue weighted by molar-refractivity contribution is 6.01. The Labute approximate surface area is 142 Å². The lowest BCUT2D eigenvalue weighted by molar-refractivity contribution is -0.117. The lowest BCUT2D eigenvalue weighted by Gasteiger charge is -2.06. The summed E-state index contributed by atoms with van der Waals surface area (Å²) in [6.07, 6.45) is 2.41. The molecule has 2 aromatic rings. The first-order valence-corrected chi connectivity index (χ1v) is 7.89. The van der Waals surface area contributed by atoms with Crippen LogP contribution in [0.2, 0.25) is 0 Å². The fraction of sp³-hybridized carbons (Fsp3) is 0.200. The molecule has 1 amide bonds. The van der Waals surface area contributed by atoms with E-state index in [0.29, 0.717) is 13.2 Å². The van der Waals surface area contributed by atoms with Crippen LogP contribution in [-0.2, 0) is 11.4 Å². The molecule has 2 aromatic carbocycles. The maximum Gasteiger partial charge on any atom is 0.261 e. The van der Waals surface area contributed by atoms with Gasteiger partial charge in [-0.3, -0.25) is 4.79 Å². The molecule has 4 nitrogen and oxygen atoms in total. The zero-order valence-electron chi connectivity index (χ0n) is 13.7. The number of nitriles is 1. The molecule has 0 saturated carbocycles. The second kappa shape index (κ2) is 9.16. The van der Waals surface area contributed by atoms with E-state index in [0.717, 1.165) is 23.3 Å². The van der Waals surface area contributed by atoms with Gasteiger partial charge in [-0.05, 0) is 35.8 Å². The Kier molecular flexibility index (Phi) is 6.60. The molecule has 0 heterocycles. The third-order valence-corrected chi connectivity index (χ3v) is 3.34. The second-order valence-electron chi connectivity index (χ2n) is 5.27. The molecular formula is C20H20N2O2. The Morgan fingerprint density at radius 2 is 1.88 bits per heavy atom. The largest absolute Gasteiger partial charge is 0.489 e. The van der Waals surface area contributed by atoms with Crippen molar-refractivity contribution in [2.24, 2.45) is 0 Å². The maximum atomic E-state index is 11.8. The first-order chi connectivity index (χ1) is 11.7. The third-order valence-electron chi connectivity index (χ3n) is 3.34. The zero-order chi connectivity index (χ0) is 17.2. The Hall–Kier alpha value is -3.06. The van der Waals surface area contributed by atoms with Gasteiger partial charge in [-0.25, -0.2) is 0 Å². The summed E-state index contributed by atoms with van der Waals surface area (Å²) in [4.78, 5) is 11.8. The van der Waals surface area contributed by atoms with E-state index in [1.165, 1.54) is 0 Å². The van der Waals surface area contributed by atoms with Gasteiger partial charge in [0.05, 0.1) is 0 Å². The molecule has 24 heavy (non-hydrogen) atoms. The van der Waals surface area contributed by atoms with E-state index < -0.39 is 0 Å². The number of rotatable bonds is 7. The van der Waals surface area contributed by atoms with E-state index in [2.05, 4.69) is 5.32 Å². The smallest absolute Gasteiger partial charge is 0.261 e. The van der Waals surface area contributed by atoms with Crippen molar-refractivity contribution in [1.29, 1.82) is 5.26 Å². The predicted molar refractivity (Wildman–Crippen MR) is 94.1 cm³/mol. The number of nitrogens with one attached hydrogen (secondary N) is 1. The monoisotopic (exact) mass is 320 g/mol. The van der Waals surface area contributed by atoms with Crippen LogP contribution < -0.4 is 10.1 Å². The van der Waals surface area contributed by atoms with E-state index >= 15 is 0 Å². The van der Waals surface area contributed by atoms with E-state index in [4.69, 9.17) is 10.00 Å². The van der Waals surface area contributed by atoms with E-state index in [1.807, 2.05) is 67.6 Å². The highest BCUT2D eigenvalue weighted by atomic mass is 16.5. The number of ether oxygens (including phenoxy) is 1. The first-order valence-electron chi connectivity index (χ1n) is 7.89. The summed E-state index contributed by atoms with van der Waals surface area (Å²) < 4.78 is 5.71. The normalized spacial score (nSPS) is 10.8. The SMILES string of the molecule is CCCNC(=O)C(C#N)=Cc1ccc(OCc2ccccc2)cc1. The molecule has 0 bridgehead atoms. The first kappa shape index (κ1) is 17.3. The average Bonchev–Trinajstić information content (AvgIpc) is 2.64. The van der Waals surface area contributed by atoms with Crippen LogP contribution in [0.1, 0.15) is 24.5 Å². The quantitative estimate of drug-likeness (QED) is 0.625. The fourth-order valence-electron chi connectivity index (χ4n) is 2.05. The summed E-state index contributed by atoms with van der Waals surface area (Å²) in [7, 11) is 0. The summed E-state index contributed by atoms with van der Waals surface area (Å²) in [5.41, 5.74) is 1.98. The van der Waals surface area contributed by atoms with Crippen LogP contribution in [0.25, 0.3) is 6.08 Å². The number of benzene rings is 2. The van der Waals surface area contributed by atoms with Gasteiger partial charge < -0.3 is 10.1 Å². The number of hydrogen-bond donors (Lipinski definition) is 1. The molecule has 0 spiro atoms. The molecule has 0 atom stereocenters. The molecule has 122 valence electrons. The Morgan fingerprint density at radius 3 is 2.50 bits per heavy atom. The summed E-state index contributed by atoms with van der Waals surface area (Å²) in [6.45, 7) is 3.02. The van der Waals surface area contributed by atoms with Crippen molar-refractivity contribution in [1.82, 2.24) is 5.32 Å². The molecule has 0 radical (unpaired) electrons. The summed E-state index contributed by atoms with van der Waals surface area (Å²) in [5, 5.41) is 11.8. The number of carbonyl (C=O) groups is 1. The molecule has 0 fully saturated rings. The summed E-state index contributed by atoms with van der Waals surface area (Å²) in [5.74, 6) is 0.397. The van der Waals surface area contributed by atoms with Crippen molar-refractivity contribution in [2.75, 3.05) is 6.54 Å². The van der Waals surface area contributed by atoms with Crippen molar-refractivity contribution in [3.63, 3.8) is 0 Å². The molecular weight excluding hydrogens is 300 g/mol. The van der Waals surface area contributed by atoms with Gasteiger partial charge in [-0.1, -0.05) is 49.4 Å². The van der Waals surface area contributed by atoms with Crippen molar-refractivity contribution < 1.29 is 9.53 Å². The van der Waals surface area contributed by atoms with Crippen molar-refractivity contribution >= 4 is 12.0 Å². The standard InChI is InChI=1S/C20H20N2O2/c1-2-12-22-20(23)18(14-21)13-16-8-10-19(11-9-16)24-15-17-6-4-3-5-7-17/h3-11,13H,2,12,15H2,1H3,(H,22,23). The summed E-state index contributed by atoms with van der Waals surface area (Å²) >= 11 is 0. The Balaban J connectivity index is 1.99. The highest BCUT2D eigenvalue weighted by Gasteiger charge is 2.07. The van der Waals surface area contributed by atoms with Crippen LogP contribution in [0.3, 0.4) is 0 Å². The van der Waals surface area contributed by atoms with Gasteiger partial charge in [0, 0.05) is 6.54 Å². The number of hydrogen-bond acceptors (Lipinski definition) is 3. The molecule has 2 rings (SSSR count). The van der Waals surface area contributed by atoms with Crippen molar-refractivity contribution in [2.45, 2.75) is 20.0 Å². The zero-order valence-corrected chi connectivity index (χ0v) is 13.7. The van der Waals surface area contributed by atoms with Crippen LogP contribution in [0.15, 0.2) is 60.2 Å². The lowest BCUT2D eigenvalue weighted by Crippen LogP contribution is -2.25. The molecule has 0 aliphatic rings. The van der Waals surface area contributed by atoms with Crippen molar-refractivity contribution in [3.8, 4) is 11.8 Å². The molecule has 0 saturated heterocycles. The molecule has 0 aliphatic heterocycles. The minimum Gasteiger partial charge on any atom is -0.489 e. The van der Waals surface area contributed by atoms with E-state index in [1.54, 1.807) is 6.08 Å². The molecule has 0 aromatic heterocycles. The average molecular weight is 320 g/mol. The van der Waals surface area contributed by atoms with Gasteiger partial charge in [0.1, 0.15) is 24.0 Å². The Morgan fingerprint density at radius 1 is 1.17 bits per heavy atom. The van der Waals surface area contributed by atoms with Crippen LogP contribution in [-0.4, -0.2) is 12.5 Å². The minimum atomic E-state index is -0.344. The maximum absolute atomic E-state index is 11.8. The van der Waals surface area contributed by atoms with Gasteiger partial charge in [-0.15, -0.1) is 0 Å². The van der Waals surface area contributed by atoms with Gasteiger partial charge in [-0.2, -0.15) is 5.26 Å². The number of nitrogens with zero attached hydrogens (tertiary/aromatic N) is 1. The summed E-state index contributed by atoms with van der Waals surface area (Å²) in [6, 6.07) is 19.2. The van der Waals surface area contributed by atoms with Crippen LogP contribution in [0.4, 0.5) is 0 Å². The number of amides is 1. The van der Waals surface area contributed by atoms with E-state index in [-0.39, 0.29) is 11.5 Å². The molecule has 1 N–H and O–H groups in total. The Bertz CT molecular complexity index is 728. The van der Waals surface area contributed by atoms with Crippen LogP contribution >= 0.6 is 0 Å². The second-order valence-corrected chi connectivity index (χ2v) is 5.27. The minimum absolute atomic E-state index is 0.0985. The van der Waals surface area contributed by atoms with Gasteiger partial charge in [0.15, 0.2) is 0 Å². The van der Waals surface area contributed by atoms with Gasteiger partial charge >= 0.3 is 0 Å². The highest BCUT2D eigenvalue weighted by Crippen LogP contribution is 2.16. The lowest BCUT2D eigenvalue weighted by atomic mass is 10.1. The van der Waals surface area contributed by atoms with Crippen molar-refractivity contribution in [3.05, 3.63) is 71.3 Å². The van der Waals surface area contributed by atoms with Crippen LogP contribution in [0.5, 0.6) is 5.75 Å². The van der Waals surface area contributed by atoms with E-state index in [9.17, 15) is 4.79 Å². The number of carbonyl (C=O) groups excluding carboxylic acids is 1. The van der Waals surface area contributed by atoms with Gasteiger partial charge in [0.2, 0.25) is 0 Å². The topological polar surface area (TPSA) is 62.1 Å². The molecule has 0 unspecified atom stereocenters. The van der Waals surface area contributed by atoms with Crippen LogP contribution in [0, 0.1) is 11.3 Å². The molecule has 4 heteroatoms. The molecule has 0 aliphatic carbocycles. The third kappa shape index (κ3) is 5.29. The predicted octanol–water partition coefficient (Wildman–Crippen LogP) is 3.70. The fourth-order valence-corrected chi connectivity index (χ4v) is 2.05.